The number of sulfonamides is 1. The van der Waals surface area contributed by atoms with Crippen molar-refractivity contribution in [3.63, 3.8) is 0 Å². The van der Waals surface area contributed by atoms with Crippen molar-refractivity contribution in [3.8, 4) is 0 Å². The summed E-state index contributed by atoms with van der Waals surface area (Å²) in [4.78, 5) is 29.3. The Morgan fingerprint density at radius 2 is 1.61 bits per heavy atom. The van der Waals surface area contributed by atoms with Gasteiger partial charge in [0.05, 0.1) is 11.4 Å². The highest BCUT2D eigenvalue weighted by Crippen LogP contribution is 2.27. The number of carbonyl (C=O) groups is 2. The number of carbonyl (C=O) groups excluding carboxylic acids is 2. The Hall–Kier alpha value is -1.97. The highest BCUT2D eigenvalue weighted by molar-refractivity contribution is 7.89. The summed E-state index contributed by atoms with van der Waals surface area (Å²) >= 11 is 0. The van der Waals surface area contributed by atoms with Crippen LogP contribution < -0.4 is 5.32 Å². The van der Waals surface area contributed by atoms with E-state index in [1.807, 2.05) is 12.1 Å². The van der Waals surface area contributed by atoms with Gasteiger partial charge in [0.25, 0.3) is 0 Å². The van der Waals surface area contributed by atoms with Crippen LogP contribution in [-0.4, -0.2) is 86.2 Å². The number of piperidine rings is 1. The van der Waals surface area contributed by atoms with Gasteiger partial charge in [-0.15, -0.1) is 0 Å². The topological polar surface area (TPSA) is 90.0 Å². The fraction of sp³-hybridized carbons (Fsp3) is 0.667. The number of piperazine rings is 1. The van der Waals surface area contributed by atoms with E-state index in [0.29, 0.717) is 43.7 Å². The Labute approximate surface area is 196 Å². The molecule has 0 unspecified atom stereocenters. The van der Waals surface area contributed by atoms with Crippen LogP contribution in [0, 0.1) is 5.92 Å². The van der Waals surface area contributed by atoms with Crippen LogP contribution in [0.15, 0.2) is 23.1 Å². The predicted octanol–water partition coefficient (Wildman–Crippen LogP) is 0.999. The molecule has 0 bridgehead atoms. The number of amides is 2. The molecule has 0 aromatic heterocycles. The Kier molecular flexibility index (Phi) is 6.46. The van der Waals surface area contributed by atoms with E-state index < -0.39 is 10.0 Å². The molecule has 5 rings (SSSR count). The molecule has 2 aliphatic heterocycles. The number of benzene rings is 1. The fourth-order valence-electron chi connectivity index (χ4n) is 5.23. The second kappa shape index (κ2) is 9.35. The van der Waals surface area contributed by atoms with Crippen molar-refractivity contribution in [3.05, 3.63) is 29.3 Å². The normalized spacial score (nSPS) is 22.8. The smallest absolute Gasteiger partial charge is 0.243 e. The summed E-state index contributed by atoms with van der Waals surface area (Å²) in [5.41, 5.74) is 2.41. The average molecular weight is 475 g/mol. The molecule has 3 fully saturated rings. The maximum Gasteiger partial charge on any atom is 0.243 e. The van der Waals surface area contributed by atoms with Crippen molar-refractivity contribution < 1.29 is 18.0 Å². The second-order valence-corrected chi connectivity index (χ2v) is 11.8. The summed E-state index contributed by atoms with van der Waals surface area (Å²) in [6, 6.07) is 5.91. The van der Waals surface area contributed by atoms with Gasteiger partial charge in [0.15, 0.2) is 0 Å². The van der Waals surface area contributed by atoms with E-state index in [4.69, 9.17) is 0 Å². The van der Waals surface area contributed by atoms with Gasteiger partial charge in [0, 0.05) is 38.1 Å². The van der Waals surface area contributed by atoms with Crippen LogP contribution in [0.4, 0.5) is 0 Å². The third-order valence-corrected chi connectivity index (χ3v) is 9.43. The molecule has 2 heterocycles. The zero-order valence-electron chi connectivity index (χ0n) is 19.2. The zero-order chi connectivity index (χ0) is 23.0. The molecule has 1 aromatic rings. The van der Waals surface area contributed by atoms with Crippen LogP contribution in [0.5, 0.6) is 0 Å². The molecule has 2 saturated heterocycles. The van der Waals surface area contributed by atoms with Gasteiger partial charge in [-0.3, -0.25) is 14.5 Å². The summed E-state index contributed by atoms with van der Waals surface area (Å²) in [5, 5.41) is 3.08. The third-order valence-electron chi connectivity index (χ3n) is 7.54. The van der Waals surface area contributed by atoms with Crippen molar-refractivity contribution in [1.29, 1.82) is 0 Å². The first-order chi connectivity index (χ1) is 15.9. The SMILES string of the molecule is O=C(NC1CC1)C1CCN(CC(=O)N2CCN(S(=O)(=O)c3ccc4c(c3)CCC4)CC2)CC1. The van der Waals surface area contributed by atoms with Crippen LogP contribution in [0.25, 0.3) is 0 Å². The number of nitrogens with one attached hydrogen (secondary N) is 1. The molecule has 2 amide bonds. The highest BCUT2D eigenvalue weighted by Gasteiger charge is 2.33. The molecular formula is C24H34N4O4S. The number of fused-ring (bicyclic) bond motifs is 1. The first kappa shape index (κ1) is 22.8. The Morgan fingerprint density at radius 3 is 2.30 bits per heavy atom. The molecule has 0 atom stereocenters. The molecule has 1 saturated carbocycles. The minimum Gasteiger partial charge on any atom is -0.353 e. The standard InChI is InChI=1S/C24H34N4O4S/c29-23(17-26-10-8-19(9-11-26)24(30)25-21-5-6-21)27-12-14-28(15-13-27)33(31,32)22-7-4-18-2-1-3-20(18)16-22/h4,7,16,19,21H,1-3,5-6,8-15,17H2,(H,25,30). The van der Waals surface area contributed by atoms with Gasteiger partial charge >= 0.3 is 0 Å². The largest absolute Gasteiger partial charge is 0.353 e. The maximum atomic E-state index is 13.1. The summed E-state index contributed by atoms with van der Waals surface area (Å²) in [7, 11) is -3.53. The maximum absolute atomic E-state index is 13.1. The molecule has 2 aliphatic carbocycles. The lowest BCUT2D eigenvalue weighted by Gasteiger charge is -2.36. The van der Waals surface area contributed by atoms with E-state index in [1.54, 1.807) is 11.0 Å². The molecule has 180 valence electrons. The first-order valence-electron chi connectivity index (χ1n) is 12.3. The summed E-state index contributed by atoms with van der Waals surface area (Å²) in [6.45, 7) is 3.34. The van der Waals surface area contributed by atoms with E-state index >= 15 is 0 Å². The van der Waals surface area contributed by atoms with Gasteiger partial charge in [-0.25, -0.2) is 8.42 Å². The van der Waals surface area contributed by atoms with Crippen LogP contribution in [0.2, 0.25) is 0 Å². The molecule has 4 aliphatic rings. The number of aryl methyl sites for hydroxylation is 2. The third kappa shape index (κ3) is 5.10. The molecule has 33 heavy (non-hydrogen) atoms. The van der Waals surface area contributed by atoms with E-state index in [-0.39, 0.29) is 17.7 Å². The molecule has 0 radical (unpaired) electrons. The van der Waals surface area contributed by atoms with Gasteiger partial charge in [0.1, 0.15) is 0 Å². The number of hydrogen-bond acceptors (Lipinski definition) is 5. The quantitative estimate of drug-likeness (QED) is 0.664. The first-order valence-corrected chi connectivity index (χ1v) is 13.8. The predicted molar refractivity (Wildman–Crippen MR) is 124 cm³/mol. The van der Waals surface area contributed by atoms with E-state index in [9.17, 15) is 18.0 Å². The fourth-order valence-corrected chi connectivity index (χ4v) is 6.70. The van der Waals surface area contributed by atoms with E-state index in [2.05, 4.69) is 10.2 Å². The van der Waals surface area contributed by atoms with Gasteiger partial charge in [-0.2, -0.15) is 4.31 Å². The average Bonchev–Trinajstić information content (AvgIpc) is 3.51. The lowest BCUT2D eigenvalue weighted by Crippen LogP contribution is -2.53. The van der Waals surface area contributed by atoms with Crippen molar-refractivity contribution in [2.45, 2.75) is 55.9 Å². The summed E-state index contributed by atoms with van der Waals surface area (Å²) in [6.07, 6.45) is 6.84. The number of likely N-dealkylation sites (tertiary alicyclic amines) is 1. The van der Waals surface area contributed by atoms with Crippen molar-refractivity contribution in [1.82, 2.24) is 19.4 Å². The zero-order valence-corrected chi connectivity index (χ0v) is 20.0. The number of nitrogens with zero attached hydrogens (tertiary/aromatic N) is 3. The van der Waals surface area contributed by atoms with Gasteiger partial charge < -0.3 is 10.2 Å². The van der Waals surface area contributed by atoms with Crippen molar-refractivity contribution in [2.75, 3.05) is 45.8 Å². The van der Waals surface area contributed by atoms with Crippen LogP contribution in [-0.2, 0) is 32.5 Å². The van der Waals surface area contributed by atoms with Crippen LogP contribution >= 0.6 is 0 Å². The van der Waals surface area contributed by atoms with E-state index in [1.165, 1.54) is 9.87 Å². The number of rotatable bonds is 6. The van der Waals surface area contributed by atoms with Gasteiger partial charge in [-0.05, 0) is 81.3 Å². The van der Waals surface area contributed by atoms with Gasteiger partial charge in [0.2, 0.25) is 21.8 Å². The highest BCUT2D eigenvalue weighted by atomic mass is 32.2. The summed E-state index contributed by atoms with van der Waals surface area (Å²) in [5.74, 6) is 0.277. The molecule has 1 N–H and O–H groups in total. The Morgan fingerprint density at radius 1 is 0.909 bits per heavy atom. The van der Waals surface area contributed by atoms with Gasteiger partial charge in [-0.1, -0.05) is 6.07 Å². The molecule has 0 spiro atoms. The van der Waals surface area contributed by atoms with E-state index in [0.717, 1.165) is 63.6 Å². The molecule has 1 aromatic carbocycles. The van der Waals surface area contributed by atoms with Crippen LogP contribution in [0.3, 0.4) is 0 Å². The minimum atomic E-state index is -3.53. The lowest BCUT2D eigenvalue weighted by molar-refractivity contribution is -0.134. The molecule has 8 nitrogen and oxygen atoms in total. The Bertz CT molecular complexity index is 1010. The second-order valence-electron chi connectivity index (χ2n) is 9.90. The molecule has 9 heteroatoms. The number of hydrogen-bond donors (Lipinski definition) is 1. The minimum absolute atomic E-state index is 0.0467. The Balaban J connectivity index is 1.09. The van der Waals surface area contributed by atoms with Crippen molar-refractivity contribution >= 4 is 21.8 Å². The summed E-state index contributed by atoms with van der Waals surface area (Å²) < 4.78 is 27.7. The van der Waals surface area contributed by atoms with Crippen molar-refractivity contribution in [2.24, 2.45) is 5.92 Å². The lowest BCUT2D eigenvalue weighted by atomic mass is 9.96. The molecular weight excluding hydrogens is 440 g/mol. The monoisotopic (exact) mass is 474 g/mol. The van der Waals surface area contributed by atoms with Crippen LogP contribution in [0.1, 0.15) is 43.2 Å².